The number of hydrogen-bond acceptors (Lipinski definition) is 5. The third kappa shape index (κ3) is 4.43. The second-order valence-electron chi connectivity index (χ2n) is 7.46. The largest absolute Gasteiger partial charge is 0.478 e. The molecule has 29 heavy (non-hydrogen) atoms. The van der Waals surface area contributed by atoms with E-state index in [4.69, 9.17) is 5.73 Å². The maximum atomic E-state index is 11.5. The Hall–Kier alpha value is -3.25. The van der Waals surface area contributed by atoms with E-state index in [1.54, 1.807) is 18.3 Å². The van der Waals surface area contributed by atoms with E-state index in [0.29, 0.717) is 17.4 Å². The first-order chi connectivity index (χ1) is 14.1. The van der Waals surface area contributed by atoms with Crippen molar-refractivity contribution in [3.05, 3.63) is 77.6 Å². The number of nitrogens with zero attached hydrogens (tertiary/aromatic N) is 3. The summed E-state index contributed by atoms with van der Waals surface area (Å²) in [5, 5.41) is 9.41. The molecular weight excluding hydrogens is 364 g/mol. The molecule has 1 aromatic heterocycles. The molecule has 1 atom stereocenters. The zero-order valence-electron chi connectivity index (χ0n) is 16.2. The van der Waals surface area contributed by atoms with Gasteiger partial charge in [-0.1, -0.05) is 42.5 Å². The second-order valence-corrected chi connectivity index (χ2v) is 7.46. The average molecular weight is 388 g/mol. The first-order valence-electron chi connectivity index (χ1n) is 9.82. The highest BCUT2D eigenvalue weighted by atomic mass is 16.4. The third-order valence-electron chi connectivity index (χ3n) is 5.45. The van der Waals surface area contributed by atoms with Crippen LogP contribution in [0.3, 0.4) is 0 Å². The van der Waals surface area contributed by atoms with Crippen molar-refractivity contribution in [2.45, 2.75) is 25.3 Å². The molecule has 3 aromatic rings. The van der Waals surface area contributed by atoms with Crippen molar-refractivity contribution in [2.24, 2.45) is 0 Å². The van der Waals surface area contributed by atoms with Crippen LogP contribution in [-0.2, 0) is 6.54 Å². The Bertz CT molecular complexity index is 1000. The summed E-state index contributed by atoms with van der Waals surface area (Å²) in [6.45, 7) is 2.86. The molecule has 6 nitrogen and oxygen atoms in total. The summed E-state index contributed by atoms with van der Waals surface area (Å²) in [6, 6.07) is 17.2. The fraction of sp³-hybridized carbons (Fsp3) is 0.261. The number of likely N-dealkylation sites (tertiary alicyclic amines) is 1. The fourth-order valence-electron chi connectivity index (χ4n) is 4.03. The van der Waals surface area contributed by atoms with Gasteiger partial charge in [-0.05, 0) is 48.2 Å². The number of carboxylic acids is 1. The Kier molecular flexibility index (Phi) is 5.53. The molecule has 0 amide bonds. The van der Waals surface area contributed by atoms with Crippen LogP contribution in [0.4, 0.5) is 5.95 Å². The van der Waals surface area contributed by atoms with Gasteiger partial charge in [0.05, 0.1) is 11.3 Å². The zero-order chi connectivity index (χ0) is 20.2. The Morgan fingerprint density at radius 2 is 1.93 bits per heavy atom. The number of rotatable bonds is 5. The quantitative estimate of drug-likeness (QED) is 0.691. The van der Waals surface area contributed by atoms with E-state index < -0.39 is 5.97 Å². The number of nitrogen functional groups attached to an aromatic ring is 1. The number of aromatic carboxylic acids is 1. The third-order valence-corrected chi connectivity index (χ3v) is 5.45. The lowest BCUT2D eigenvalue weighted by atomic mass is 9.94. The van der Waals surface area contributed by atoms with Gasteiger partial charge in [-0.3, -0.25) is 4.90 Å². The van der Waals surface area contributed by atoms with Gasteiger partial charge in [-0.2, -0.15) is 0 Å². The van der Waals surface area contributed by atoms with Crippen molar-refractivity contribution >= 4 is 11.9 Å². The highest BCUT2D eigenvalue weighted by molar-refractivity contribution is 5.95. The number of hydrogen-bond donors (Lipinski definition) is 2. The molecule has 2 heterocycles. The van der Waals surface area contributed by atoms with E-state index in [0.717, 1.165) is 49.3 Å². The maximum absolute atomic E-state index is 11.5. The molecule has 0 saturated carbocycles. The van der Waals surface area contributed by atoms with E-state index in [1.165, 1.54) is 5.56 Å². The molecule has 148 valence electrons. The van der Waals surface area contributed by atoms with Gasteiger partial charge in [0.25, 0.3) is 0 Å². The van der Waals surface area contributed by atoms with Crippen LogP contribution in [0.25, 0.3) is 11.1 Å². The lowest BCUT2D eigenvalue weighted by molar-refractivity contribution is 0.0697. The van der Waals surface area contributed by atoms with Gasteiger partial charge >= 0.3 is 5.97 Å². The molecule has 2 aromatic carbocycles. The monoisotopic (exact) mass is 388 g/mol. The van der Waals surface area contributed by atoms with Gasteiger partial charge in [0, 0.05) is 25.2 Å². The van der Waals surface area contributed by atoms with Crippen LogP contribution in [0.5, 0.6) is 0 Å². The predicted octanol–water partition coefficient (Wildman–Crippen LogP) is 3.80. The number of carboxylic acid groups (broad SMARTS) is 1. The first kappa shape index (κ1) is 19.1. The van der Waals surface area contributed by atoms with Gasteiger partial charge in [0.1, 0.15) is 0 Å². The summed E-state index contributed by atoms with van der Waals surface area (Å²) in [7, 11) is 0. The van der Waals surface area contributed by atoms with Gasteiger partial charge in [-0.25, -0.2) is 14.8 Å². The van der Waals surface area contributed by atoms with Crippen LogP contribution in [0.2, 0.25) is 0 Å². The van der Waals surface area contributed by atoms with E-state index in [-0.39, 0.29) is 0 Å². The van der Waals surface area contributed by atoms with E-state index >= 15 is 0 Å². The second kappa shape index (κ2) is 8.41. The molecule has 4 rings (SSSR count). The molecule has 3 N–H and O–H groups in total. The standard InChI is InChI=1S/C23H24N4O2/c24-23-25-12-11-21(26-23)18-4-3-13-27(15-18)14-16-7-9-17(10-8-16)19-5-1-2-6-20(19)22(28)29/h1-2,5-12,18H,3-4,13-15H2,(H,28,29)(H2,24,25,26). The lowest BCUT2D eigenvalue weighted by Crippen LogP contribution is -2.34. The van der Waals surface area contributed by atoms with Crippen LogP contribution in [-0.4, -0.2) is 39.0 Å². The van der Waals surface area contributed by atoms with E-state index in [2.05, 4.69) is 27.0 Å². The Labute approximate surface area is 170 Å². The molecule has 1 fully saturated rings. The molecule has 6 heteroatoms. The minimum absolute atomic E-state index is 0.322. The van der Waals surface area contributed by atoms with E-state index in [1.807, 2.05) is 30.3 Å². The average Bonchev–Trinajstić information content (AvgIpc) is 2.74. The molecule has 0 spiro atoms. The summed E-state index contributed by atoms with van der Waals surface area (Å²) in [5.74, 6) is -0.206. The van der Waals surface area contributed by atoms with Crippen molar-refractivity contribution < 1.29 is 9.90 Å². The normalized spacial score (nSPS) is 17.2. The summed E-state index contributed by atoms with van der Waals surface area (Å²) in [5.41, 5.74) is 9.95. The Morgan fingerprint density at radius 1 is 1.14 bits per heavy atom. The van der Waals surface area contributed by atoms with Crippen LogP contribution >= 0.6 is 0 Å². The molecule has 0 bridgehead atoms. The Morgan fingerprint density at radius 3 is 2.69 bits per heavy atom. The SMILES string of the molecule is Nc1nccc(C2CCCN(Cc3ccc(-c4ccccc4C(=O)O)cc3)C2)n1. The van der Waals surface area contributed by atoms with Crippen molar-refractivity contribution in [3.63, 3.8) is 0 Å². The zero-order valence-corrected chi connectivity index (χ0v) is 16.2. The van der Waals surface area contributed by atoms with Crippen molar-refractivity contribution in [3.8, 4) is 11.1 Å². The summed E-state index contributed by atoms with van der Waals surface area (Å²) in [6.07, 6.45) is 3.96. The molecule has 1 unspecified atom stereocenters. The fourth-order valence-corrected chi connectivity index (χ4v) is 4.03. The van der Waals surface area contributed by atoms with Crippen LogP contribution < -0.4 is 5.73 Å². The van der Waals surface area contributed by atoms with Gasteiger partial charge in [0.15, 0.2) is 0 Å². The van der Waals surface area contributed by atoms with Crippen LogP contribution in [0.15, 0.2) is 60.8 Å². The highest BCUT2D eigenvalue weighted by Gasteiger charge is 2.22. The molecule has 0 aliphatic carbocycles. The summed E-state index contributed by atoms with van der Waals surface area (Å²) >= 11 is 0. The van der Waals surface area contributed by atoms with Crippen LogP contribution in [0, 0.1) is 0 Å². The maximum Gasteiger partial charge on any atom is 0.336 e. The van der Waals surface area contributed by atoms with Crippen molar-refractivity contribution in [2.75, 3.05) is 18.8 Å². The predicted molar refractivity (Wildman–Crippen MR) is 113 cm³/mol. The lowest BCUT2D eigenvalue weighted by Gasteiger charge is -2.32. The number of piperidine rings is 1. The van der Waals surface area contributed by atoms with Gasteiger partial charge in [-0.15, -0.1) is 0 Å². The van der Waals surface area contributed by atoms with Gasteiger partial charge < -0.3 is 10.8 Å². The highest BCUT2D eigenvalue weighted by Crippen LogP contribution is 2.28. The first-order valence-corrected chi connectivity index (χ1v) is 9.82. The topological polar surface area (TPSA) is 92.3 Å². The number of benzene rings is 2. The molecule has 1 aliphatic heterocycles. The van der Waals surface area contributed by atoms with Crippen molar-refractivity contribution in [1.29, 1.82) is 0 Å². The van der Waals surface area contributed by atoms with Gasteiger partial charge in [0.2, 0.25) is 5.95 Å². The van der Waals surface area contributed by atoms with Crippen molar-refractivity contribution in [1.82, 2.24) is 14.9 Å². The number of nitrogens with two attached hydrogens (primary N) is 1. The van der Waals surface area contributed by atoms with E-state index in [9.17, 15) is 9.90 Å². The smallest absolute Gasteiger partial charge is 0.336 e. The summed E-state index contributed by atoms with van der Waals surface area (Å²) in [4.78, 5) is 22.3. The molecule has 1 aliphatic rings. The summed E-state index contributed by atoms with van der Waals surface area (Å²) < 4.78 is 0. The minimum Gasteiger partial charge on any atom is -0.478 e. The number of aromatic nitrogens is 2. The number of anilines is 1. The molecule has 0 radical (unpaired) electrons. The molecular formula is C23H24N4O2. The van der Waals surface area contributed by atoms with Crippen LogP contribution in [0.1, 0.15) is 40.4 Å². The molecule has 1 saturated heterocycles. The Balaban J connectivity index is 1.46. The minimum atomic E-state index is -0.908. The number of carbonyl (C=O) groups is 1.